The molecule has 0 spiro atoms. The molecule has 0 aromatic carbocycles. The lowest BCUT2D eigenvalue weighted by Gasteiger charge is -2.58. The number of carboxylic acid groups (broad SMARTS) is 1. The molecule has 0 unspecified atom stereocenters. The molecule has 0 aliphatic heterocycles. The number of hydrogen-bond donors (Lipinski definition) is 1. The number of allylic oxidation sites excluding steroid dienone is 2. The molecule has 3 fully saturated rings. The van der Waals surface area contributed by atoms with Crippen LogP contribution in [-0.4, -0.2) is 11.1 Å². The van der Waals surface area contributed by atoms with Crippen molar-refractivity contribution < 1.29 is 9.90 Å². The van der Waals surface area contributed by atoms with E-state index in [1.807, 2.05) is 0 Å². The van der Waals surface area contributed by atoms with Crippen molar-refractivity contribution >= 4 is 5.97 Å². The molecule has 2 heteroatoms. The molecule has 4 rings (SSSR count). The highest BCUT2D eigenvalue weighted by Gasteiger charge is 2.58. The predicted octanol–water partition coefficient (Wildman–Crippen LogP) is 6.31. The Morgan fingerprint density at radius 2 is 1.81 bits per heavy atom. The normalized spacial score (nSPS) is 48.3. The summed E-state index contributed by atoms with van der Waals surface area (Å²) in [6.45, 7) is 7.50. The van der Waals surface area contributed by atoms with E-state index in [9.17, 15) is 4.79 Å². The fourth-order valence-corrected chi connectivity index (χ4v) is 8.18. The van der Waals surface area contributed by atoms with Crippen LogP contribution < -0.4 is 0 Å². The lowest BCUT2D eigenvalue weighted by Crippen LogP contribution is -2.51. The van der Waals surface area contributed by atoms with E-state index in [-0.39, 0.29) is 0 Å². The van der Waals surface area contributed by atoms with Gasteiger partial charge in [-0.05, 0) is 91.3 Å². The zero-order chi connectivity index (χ0) is 18.5. The molecular formula is C24H38O2. The van der Waals surface area contributed by atoms with Crippen LogP contribution in [0.5, 0.6) is 0 Å². The highest BCUT2D eigenvalue weighted by Crippen LogP contribution is 2.66. The fraction of sp³-hybridized carbons (Fsp3) is 0.875. The number of aliphatic carboxylic acids is 1. The van der Waals surface area contributed by atoms with E-state index in [1.54, 1.807) is 0 Å². The largest absolute Gasteiger partial charge is 0.481 e. The summed E-state index contributed by atoms with van der Waals surface area (Å²) >= 11 is 0. The van der Waals surface area contributed by atoms with Gasteiger partial charge in [0.05, 0.1) is 0 Å². The summed E-state index contributed by atoms with van der Waals surface area (Å²) in [5, 5.41) is 9.09. The first-order valence-corrected chi connectivity index (χ1v) is 11.3. The van der Waals surface area contributed by atoms with Gasteiger partial charge in [-0.2, -0.15) is 0 Å². The highest BCUT2D eigenvalue weighted by molar-refractivity contribution is 5.66. The maximum atomic E-state index is 11.0. The zero-order valence-electron chi connectivity index (χ0n) is 17.0. The Morgan fingerprint density at radius 1 is 1.04 bits per heavy atom. The molecule has 2 nitrogen and oxygen atoms in total. The van der Waals surface area contributed by atoms with Gasteiger partial charge in [-0.1, -0.05) is 45.8 Å². The van der Waals surface area contributed by atoms with Gasteiger partial charge in [0, 0.05) is 6.42 Å². The molecule has 8 atom stereocenters. The molecule has 0 radical (unpaired) electrons. The monoisotopic (exact) mass is 358 g/mol. The fourth-order valence-electron chi connectivity index (χ4n) is 8.18. The van der Waals surface area contributed by atoms with Gasteiger partial charge in [0.2, 0.25) is 0 Å². The molecule has 0 heterocycles. The Bertz CT molecular complexity index is 581. The summed E-state index contributed by atoms with van der Waals surface area (Å²) in [5.74, 6) is 3.96. The number of fused-ring (bicyclic) bond motifs is 5. The Balaban J connectivity index is 1.55. The minimum atomic E-state index is -0.633. The molecular weight excluding hydrogens is 320 g/mol. The van der Waals surface area contributed by atoms with E-state index in [2.05, 4.69) is 32.9 Å². The van der Waals surface area contributed by atoms with E-state index in [0.717, 1.165) is 36.0 Å². The minimum Gasteiger partial charge on any atom is -0.481 e. The van der Waals surface area contributed by atoms with Crippen LogP contribution in [0, 0.1) is 46.3 Å². The van der Waals surface area contributed by atoms with Crippen molar-refractivity contribution in [3.63, 3.8) is 0 Å². The van der Waals surface area contributed by atoms with Gasteiger partial charge in [0.25, 0.3) is 0 Å². The van der Waals surface area contributed by atoms with E-state index in [0.29, 0.717) is 23.2 Å². The molecule has 0 bridgehead atoms. The molecule has 4 aliphatic carbocycles. The first-order chi connectivity index (χ1) is 12.4. The quantitative estimate of drug-likeness (QED) is 0.598. The van der Waals surface area contributed by atoms with Gasteiger partial charge >= 0.3 is 5.97 Å². The summed E-state index contributed by atoms with van der Waals surface area (Å²) in [4.78, 5) is 11.0. The molecule has 1 N–H and O–H groups in total. The molecule has 0 aromatic rings. The van der Waals surface area contributed by atoms with Crippen LogP contribution in [0.1, 0.15) is 85.0 Å². The van der Waals surface area contributed by atoms with Crippen LogP contribution in [-0.2, 0) is 4.79 Å². The average Bonchev–Trinajstić information content (AvgIpc) is 2.96. The van der Waals surface area contributed by atoms with Crippen molar-refractivity contribution in [2.24, 2.45) is 46.3 Å². The Hall–Kier alpha value is -0.790. The Morgan fingerprint density at radius 3 is 2.58 bits per heavy atom. The second-order valence-corrected chi connectivity index (χ2v) is 10.7. The summed E-state index contributed by atoms with van der Waals surface area (Å²) in [7, 11) is 0. The average molecular weight is 359 g/mol. The second-order valence-electron chi connectivity index (χ2n) is 10.7. The van der Waals surface area contributed by atoms with Gasteiger partial charge in [0.15, 0.2) is 0 Å². The minimum absolute atomic E-state index is 0.337. The van der Waals surface area contributed by atoms with Crippen LogP contribution in [0.25, 0.3) is 0 Å². The van der Waals surface area contributed by atoms with Crippen molar-refractivity contribution in [2.45, 2.75) is 85.0 Å². The van der Waals surface area contributed by atoms with E-state index in [4.69, 9.17) is 5.11 Å². The third kappa shape index (κ3) is 2.78. The third-order valence-corrected chi connectivity index (χ3v) is 9.65. The number of carbonyl (C=O) groups is 1. The van der Waals surface area contributed by atoms with E-state index < -0.39 is 5.97 Å². The first kappa shape index (κ1) is 18.6. The molecule has 0 amide bonds. The van der Waals surface area contributed by atoms with Gasteiger partial charge in [-0.15, -0.1) is 0 Å². The zero-order valence-corrected chi connectivity index (χ0v) is 17.0. The standard InChI is InChI=1S/C24H38O2/c1-16(7-12-22(25)26)19-10-11-20-18-9-8-17-6-4-5-14-23(17,2)21(18)13-15-24(19,20)3/h8-9,16-21H,4-7,10-15H2,1-3H3,(H,25,26)/t16-,17-,18+,19-,20+,21-,23-,24+/m0/s1. The van der Waals surface area contributed by atoms with Gasteiger partial charge in [-0.3, -0.25) is 4.79 Å². The van der Waals surface area contributed by atoms with Crippen LogP contribution in [0.15, 0.2) is 12.2 Å². The number of hydrogen-bond acceptors (Lipinski definition) is 1. The van der Waals surface area contributed by atoms with Crippen molar-refractivity contribution in [1.29, 1.82) is 0 Å². The van der Waals surface area contributed by atoms with Crippen LogP contribution >= 0.6 is 0 Å². The predicted molar refractivity (Wildman–Crippen MR) is 106 cm³/mol. The lowest BCUT2D eigenvalue weighted by atomic mass is 9.46. The van der Waals surface area contributed by atoms with Crippen LogP contribution in [0.4, 0.5) is 0 Å². The lowest BCUT2D eigenvalue weighted by molar-refractivity contribution is -0.137. The molecule has 4 aliphatic rings. The second kappa shape index (κ2) is 6.67. The Kier molecular flexibility index (Phi) is 4.77. The van der Waals surface area contributed by atoms with Gasteiger partial charge < -0.3 is 5.11 Å². The summed E-state index contributed by atoms with van der Waals surface area (Å²) in [5.41, 5.74) is 0.979. The summed E-state index contributed by atoms with van der Waals surface area (Å²) in [6.07, 6.45) is 17.6. The summed E-state index contributed by atoms with van der Waals surface area (Å²) in [6, 6.07) is 0. The topological polar surface area (TPSA) is 37.3 Å². The van der Waals surface area contributed by atoms with Crippen molar-refractivity contribution in [2.75, 3.05) is 0 Å². The highest BCUT2D eigenvalue weighted by atomic mass is 16.4. The van der Waals surface area contributed by atoms with Gasteiger partial charge in [-0.25, -0.2) is 0 Å². The number of rotatable bonds is 4. The molecule has 26 heavy (non-hydrogen) atoms. The van der Waals surface area contributed by atoms with Crippen LogP contribution in [0.2, 0.25) is 0 Å². The van der Waals surface area contributed by atoms with E-state index in [1.165, 1.54) is 51.4 Å². The molecule has 3 saturated carbocycles. The SMILES string of the molecule is C[C@@H](CCC(=O)O)[C@@H]1CC[C@@H]2[C@H]3C=C[C@@H]4CCCC[C@]4(C)[C@H]3CC[C@@]21C. The van der Waals surface area contributed by atoms with Crippen molar-refractivity contribution in [1.82, 2.24) is 0 Å². The Labute approximate surface area is 159 Å². The van der Waals surface area contributed by atoms with Crippen molar-refractivity contribution in [3.8, 4) is 0 Å². The molecule has 146 valence electrons. The smallest absolute Gasteiger partial charge is 0.303 e. The first-order valence-electron chi connectivity index (χ1n) is 11.3. The summed E-state index contributed by atoms with van der Waals surface area (Å²) < 4.78 is 0. The number of carboxylic acids is 1. The molecule has 0 saturated heterocycles. The van der Waals surface area contributed by atoms with Crippen LogP contribution in [0.3, 0.4) is 0 Å². The van der Waals surface area contributed by atoms with E-state index >= 15 is 0 Å². The van der Waals surface area contributed by atoms with Crippen molar-refractivity contribution in [3.05, 3.63) is 12.2 Å². The molecule has 0 aromatic heterocycles. The maximum Gasteiger partial charge on any atom is 0.303 e. The maximum absolute atomic E-state index is 11.0. The third-order valence-electron chi connectivity index (χ3n) is 9.65. The van der Waals surface area contributed by atoms with Gasteiger partial charge in [0.1, 0.15) is 0 Å².